The zero-order chi connectivity index (χ0) is 9.26. The molecular weight excluding hydrogens is 248 g/mol. The van der Waals surface area contributed by atoms with Crippen LogP contribution in [-0.4, -0.2) is 9.97 Å². The molecule has 2 nitrogen and oxygen atoms in total. The Balaban J connectivity index is 2.59. The fourth-order valence-corrected chi connectivity index (χ4v) is 2.58. The zero-order valence-electron chi connectivity index (χ0n) is 6.99. The van der Waals surface area contributed by atoms with E-state index in [1.165, 1.54) is 16.8 Å². The molecule has 2 heterocycles. The highest BCUT2D eigenvalue weighted by Crippen LogP contribution is 2.32. The molecular formula is C9H7BrN2S. The molecule has 0 N–H and O–H groups in total. The highest BCUT2D eigenvalue weighted by atomic mass is 79.9. The smallest absolute Gasteiger partial charge is 0.118 e. The van der Waals surface area contributed by atoms with E-state index in [0.29, 0.717) is 0 Å². The summed E-state index contributed by atoms with van der Waals surface area (Å²) in [6.07, 6.45) is 3.37. The molecule has 0 aromatic carbocycles. The molecule has 2 aromatic heterocycles. The fraction of sp³-hybridized carbons (Fsp3) is 0.111. The number of nitrogens with zero attached hydrogens (tertiary/aromatic N) is 2. The third kappa shape index (κ3) is 1.64. The summed E-state index contributed by atoms with van der Waals surface area (Å²) in [4.78, 5) is 9.33. The van der Waals surface area contributed by atoms with Gasteiger partial charge in [-0.25, -0.2) is 9.97 Å². The molecule has 2 aromatic rings. The van der Waals surface area contributed by atoms with Crippen LogP contribution in [0.15, 0.2) is 28.6 Å². The first-order valence-electron chi connectivity index (χ1n) is 3.79. The molecule has 2 rings (SSSR count). The lowest BCUT2D eigenvalue weighted by molar-refractivity contribution is 1.14. The van der Waals surface area contributed by atoms with E-state index in [1.807, 2.05) is 6.20 Å². The predicted octanol–water partition coefficient (Wildman–Crippen LogP) is 3.28. The Hall–Kier alpha value is -0.740. The van der Waals surface area contributed by atoms with Crippen molar-refractivity contribution in [1.82, 2.24) is 9.97 Å². The number of rotatable bonds is 1. The van der Waals surface area contributed by atoms with E-state index >= 15 is 0 Å². The van der Waals surface area contributed by atoms with Crippen molar-refractivity contribution in [3.63, 3.8) is 0 Å². The van der Waals surface area contributed by atoms with Crippen LogP contribution in [0, 0.1) is 6.92 Å². The number of aromatic nitrogens is 2. The first-order chi connectivity index (χ1) is 6.29. The van der Waals surface area contributed by atoms with Crippen molar-refractivity contribution >= 4 is 27.3 Å². The molecule has 0 fully saturated rings. The number of hydrogen-bond acceptors (Lipinski definition) is 3. The van der Waals surface area contributed by atoms with Crippen LogP contribution >= 0.6 is 27.3 Å². The van der Waals surface area contributed by atoms with Crippen LogP contribution in [0.1, 0.15) is 5.56 Å². The predicted molar refractivity (Wildman–Crippen MR) is 57.8 cm³/mol. The van der Waals surface area contributed by atoms with Crippen LogP contribution in [0.5, 0.6) is 0 Å². The minimum atomic E-state index is 0.855. The molecule has 0 aliphatic carbocycles. The number of aryl methyl sites for hydroxylation is 1. The minimum absolute atomic E-state index is 0.855. The highest BCUT2D eigenvalue weighted by Gasteiger charge is 2.07. The van der Waals surface area contributed by atoms with Crippen LogP contribution < -0.4 is 0 Å². The second-order valence-corrected chi connectivity index (χ2v) is 4.33. The van der Waals surface area contributed by atoms with E-state index < -0.39 is 0 Å². The Bertz CT molecular complexity index is 425. The SMILES string of the molecule is Cc1ccsc1-c1cncnc1Br. The Morgan fingerprint density at radius 3 is 2.92 bits per heavy atom. The normalized spacial score (nSPS) is 10.3. The standard InChI is InChI=1S/C9H7BrN2S/c1-6-2-3-13-8(6)7-4-11-5-12-9(7)10/h2-5H,1H3. The molecule has 0 radical (unpaired) electrons. The molecule has 66 valence electrons. The van der Waals surface area contributed by atoms with Crippen LogP contribution in [0.3, 0.4) is 0 Å². The molecule has 0 spiro atoms. The molecule has 4 heteroatoms. The molecule has 0 saturated carbocycles. The highest BCUT2D eigenvalue weighted by molar-refractivity contribution is 9.10. The second-order valence-electron chi connectivity index (χ2n) is 2.66. The Morgan fingerprint density at radius 2 is 2.31 bits per heavy atom. The fourth-order valence-electron chi connectivity index (χ4n) is 1.12. The van der Waals surface area contributed by atoms with Crippen LogP contribution in [0.4, 0.5) is 0 Å². The van der Waals surface area contributed by atoms with E-state index in [9.17, 15) is 0 Å². The van der Waals surface area contributed by atoms with Crippen molar-refractivity contribution in [3.8, 4) is 10.4 Å². The summed E-state index contributed by atoms with van der Waals surface area (Å²) >= 11 is 5.11. The van der Waals surface area contributed by atoms with Gasteiger partial charge in [0.15, 0.2) is 0 Å². The average Bonchev–Trinajstić information content (AvgIpc) is 2.52. The van der Waals surface area contributed by atoms with E-state index in [2.05, 4.69) is 44.3 Å². The van der Waals surface area contributed by atoms with Crippen LogP contribution in [-0.2, 0) is 0 Å². The van der Waals surface area contributed by atoms with Crippen molar-refractivity contribution in [1.29, 1.82) is 0 Å². The van der Waals surface area contributed by atoms with Gasteiger partial charge in [-0.15, -0.1) is 11.3 Å². The summed E-state index contributed by atoms with van der Waals surface area (Å²) in [6.45, 7) is 2.09. The van der Waals surface area contributed by atoms with E-state index in [-0.39, 0.29) is 0 Å². The lowest BCUT2D eigenvalue weighted by Crippen LogP contribution is -1.84. The summed E-state index contributed by atoms with van der Waals surface area (Å²) in [7, 11) is 0. The quantitative estimate of drug-likeness (QED) is 0.731. The molecule has 0 amide bonds. The summed E-state index contributed by atoms with van der Waals surface area (Å²) in [5, 5.41) is 2.07. The summed E-state index contributed by atoms with van der Waals surface area (Å²) < 4.78 is 0.855. The molecule has 0 atom stereocenters. The van der Waals surface area contributed by atoms with E-state index in [0.717, 1.165) is 10.2 Å². The van der Waals surface area contributed by atoms with Gasteiger partial charge in [-0.1, -0.05) is 0 Å². The largest absolute Gasteiger partial charge is 0.244 e. The zero-order valence-corrected chi connectivity index (χ0v) is 9.39. The maximum absolute atomic E-state index is 4.09. The number of thiophene rings is 1. The van der Waals surface area contributed by atoms with Crippen molar-refractivity contribution < 1.29 is 0 Å². The van der Waals surface area contributed by atoms with Crippen LogP contribution in [0.2, 0.25) is 0 Å². The van der Waals surface area contributed by atoms with Gasteiger partial charge >= 0.3 is 0 Å². The van der Waals surface area contributed by atoms with Gasteiger partial charge < -0.3 is 0 Å². The molecule has 0 aliphatic heterocycles. The Morgan fingerprint density at radius 1 is 1.46 bits per heavy atom. The number of halogens is 1. The Kier molecular flexibility index (Phi) is 2.42. The van der Waals surface area contributed by atoms with Crippen molar-refractivity contribution in [2.75, 3.05) is 0 Å². The summed E-state index contributed by atoms with van der Waals surface area (Å²) in [6, 6.07) is 2.10. The maximum atomic E-state index is 4.09. The monoisotopic (exact) mass is 254 g/mol. The first kappa shape index (κ1) is 8.84. The summed E-state index contributed by atoms with van der Waals surface area (Å²) in [5.74, 6) is 0. The Labute approximate surface area is 88.8 Å². The third-order valence-electron chi connectivity index (χ3n) is 1.77. The van der Waals surface area contributed by atoms with Gasteiger partial charge in [-0.05, 0) is 39.9 Å². The average molecular weight is 255 g/mol. The summed E-state index contributed by atoms with van der Waals surface area (Å²) in [5.41, 5.74) is 2.33. The van der Waals surface area contributed by atoms with Gasteiger partial charge in [-0.2, -0.15) is 0 Å². The molecule has 0 saturated heterocycles. The minimum Gasteiger partial charge on any atom is -0.244 e. The van der Waals surface area contributed by atoms with Gasteiger partial charge in [0, 0.05) is 16.6 Å². The molecule has 13 heavy (non-hydrogen) atoms. The van der Waals surface area contributed by atoms with Crippen molar-refractivity contribution in [2.24, 2.45) is 0 Å². The van der Waals surface area contributed by atoms with Crippen molar-refractivity contribution in [2.45, 2.75) is 6.92 Å². The van der Waals surface area contributed by atoms with Gasteiger partial charge in [0.05, 0.1) is 0 Å². The van der Waals surface area contributed by atoms with E-state index in [1.54, 1.807) is 11.3 Å². The van der Waals surface area contributed by atoms with Gasteiger partial charge in [0.1, 0.15) is 10.9 Å². The maximum Gasteiger partial charge on any atom is 0.118 e. The molecule has 0 bridgehead atoms. The van der Waals surface area contributed by atoms with Gasteiger partial charge in [0.2, 0.25) is 0 Å². The molecule has 0 aliphatic rings. The third-order valence-corrected chi connectivity index (χ3v) is 3.45. The topological polar surface area (TPSA) is 25.8 Å². The number of hydrogen-bond donors (Lipinski definition) is 0. The van der Waals surface area contributed by atoms with E-state index in [4.69, 9.17) is 0 Å². The van der Waals surface area contributed by atoms with Crippen LogP contribution in [0.25, 0.3) is 10.4 Å². The second kappa shape index (κ2) is 3.55. The van der Waals surface area contributed by atoms with Crippen molar-refractivity contribution in [3.05, 3.63) is 34.1 Å². The van der Waals surface area contributed by atoms with Gasteiger partial charge in [-0.3, -0.25) is 0 Å². The molecule has 0 unspecified atom stereocenters. The lowest BCUT2D eigenvalue weighted by atomic mass is 10.2. The van der Waals surface area contributed by atoms with Gasteiger partial charge in [0.25, 0.3) is 0 Å². The first-order valence-corrected chi connectivity index (χ1v) is 5.46. The lowest BCUT2D eigenvalue weighted by Gasteiger charge is -2.00.